The molecule has 4 rings (SSSR count). The summed E-state index contributed by atoms with van der Waals surface area (Å²) in [6.45, 7) is 1.30. The zero-order valence-corrected chi connectivity index (χ0v) is 16.4. The van der Waals surface area contributed by atoms with Gasteiger partial charge >= 0.3 is 0 Å². The molecule has 0 aliphatic carbocycles. The van der Waals surface area contributed by atoms with Crippen LogP contribution in [0.2, 0.25) is 0 Å². The SMILES string of the molecule is COCC(=O)Nc1cn[nH]c1C1CCCN(C(=O)c2ccc3ccccc3c2)C1. The lowest BCUT2D eigenvalue weighted by molar-refractivity contribution is -0.119. The van der Waals surface area contributed by atoms with Crippen LogP contribution in [0.1, 0.15) is 34.8 Å². The lowest BCUT2D eigenvalue weighted by atomic mass is 9.93. The number of rotatable bonds is 5. The highest BCUT2D eigenvalue weighted by atomic mass is 16.5. The lowest BCUT2D eigenvalue weighted by Crippen LogP contribution is -2.39. The first-order chi connectivity index (χ1) is 14.2. The van der Waals surface area contributed by atoms with Gasteiger partial charge in [-0.2, -0.15) is 5.10 Å². The van der Waals surface area contributed by atoms with Gasteiger partial charge in [-0.25, -0.2) is 0 Å². The van der Waals surface area contributed by atoms with E-state index in [1.807, 2.05) is 47.4 Å². The number of aromatic amines is 1. The normalized spacial score (nSPS) is 16.7. The molecule has 0 radical (unpaired) electrons. The first-order valence-corrected chi connectivity index (χ1v) is 9.76. The molecule has 1 atom stereocenters. The summed E-state index contributed by atoms with van der Waals surface area (Å²) in [6, 6.07) is 13.9. The average Bonchev–Trinajstić information content (AvgIpc) is 3.21. The zero-order valence-electron chi connectivity index (χ0n) is 16.4. The number of nitrogens with one attached hydrogen (secondary N) is 2. The number of piperidine rings is 1. The van der Waals surface area contributed by atoms with Crippen molar-refractivity contribution >= 4 is 28.3 Å². The third-order valence-corrected chi connectivity index (χ3v) is 5.33. The number of amides is 2. The number of fused-ring (bicyclic) bond motifs is 1. The largest absolute Gasteiger partial charge is 0.375 e. The highest BCUT2D eigenvalue weighted by molar-refractivity contribution is 5.98. The Balaban J connectivity index is 1.50. The fourth-order valence-electron chi connectivity index (χ4n) is 3.93. The third kappa shape index (κ3) is 4.14. The van der Waals surface area contributed by atoms with Crippen LogP contribution in [0, 0.1) is 0 Å². The Morgan fingerprint density at radius 3 is 2.90 bits per heavy atom. The molecule has 1 aliphatic heterocycles. The van der Waals surface area contributed by atoms with Crippen molar-refractivity contribution in [3.63, 3.8) is 0 Å². The highest BCUT2D eigenvalue weighted by Crippen LogP contribution is 2.31. The molecule has 0 bridgehead atoms. The van der Waals surface area contributed by atoms with E-state index in [2.05, 4.69) is 15.5 Å². The smallest absolute Gasteiger partial charge is 0.253 e. The molecule has 1 aromatic heterocycles. The van der Waals surface area contributed by atoms with E-state index in [0.29, 0.717) is 17.8 Å². The summed E-state index contributed by atoms with van der Waals surface area (Å²) in [5, 5.41) is 12.1. The van der Waals surface area contributed by atoms with Crippen molar-refractivity contribution in [1.82, 2.24) is 15.1 Å². The molecule has 1 fully saturated rings. The van der Waals surface area contributed by atoms with Gasteiger partial charge in [-0.05, 0) is 35.7 Å². The van der Waals surface area contributed by atoms with Crippen molar-refractivity contribution in [3.05, 3.63) is 59.9 Å². The number of aromatic nitrogens is 2. The molecule has 3 aromatic rings. The van der Waals surface area contributed by atoms with E-state index in [1.54, 1.807) is 6.20 Å². The number of hydrogen-bond donors (Lipinski definition) is 2. The molecule has 150 valence electrons. The van der Waals surface area contributed by atoms with Gasteiger partial charge in [-0.15, -0.1) is 0 Å². The molecule has 0 spiro atoms. The summed E-state index contributed by atoms with van der Waals surface area (Å²) in [6.07, 6.45) is 3.43. The quantitative estimate of drug-likeness (QED) is 0.698. The minimum absolute atomic E-state index is 0.0120. The van der Waals surface area contributed by atoms with Crippen LogP contribution in [0.25, 0.3) is 10.8 Å². The van der Waals surface area contributed by atoms with E-state index in [0.717, 1.165) is 35.9 Å². The summed E-state index contributed by atoms with van der Waals surface area (Å²) < 4.78 is 4.87. The standard InChI is InChI=1S/C22H24N4O3/c1-29-14-20(27)24-19-12-23-25-21(19)18-7-4-10-26(13-18)22(28)17-9-8-15-5-2-3-6-16(15)11-17/h2-3,5-6,8-9,11-12,18H,4,7,10,13-14H2,1H3,(H,23,25)(H,24,27). The van der Waals surface area contributed by atoms with Gasteiger partial charge in [0.1, 0.15) is 6.61 Å². The summed E-state index contributed by atoms with van der Waals surface area (Å²) in [7, 11) is 1.48. The van der Waals surface area contributed by atoms with Gasteiger partial charge in [0, 0.05) is 31.7 Å². The van der Waals surface area contributed by atoms with Crippen molar-refractivity contribution in [2.24, 2.45) is 0 Å². The van der Waals surface area contributed by atoms with Gasteiger partial charge in [-0.1, -0.05) is 30.3 Å². The summed E-state index contributed by atoms with van der Waals surface area (Å²) in [5.41, 5.74) is 2.20. The second-order valence-corrected chi connectivity index (χ2v) is 7.33. The maximum Gasteiger partial charge on any atom is 0.253 e. The number of methoxy groups -OCH3 is 1. The van der Waals surface area contributed by atoms with Crippen molar-refractivity contribution in [1.29, 1.82) is 0 Å². The van der Waals surface area contributed by atoms with Crippen molar-refractivity contribution in [3.8, 4) is 0 Å². The summed E-state index contributed by atoms with van der Waals surface area (Å²) in [4.78, 5) is 26.9. The number of carbonyl (C=O) groups excluding carboxylic acids is 2. The number of benzene rings is 2. The van der Waals surface area contributed by atoms with Gasteiger partial charge in [-0.3, -0.25) is 14.7 Å². The Morgan fingerprint density at radius 2 is 2.07 bits per heavy atom. The second kappa shape index (κ2) is 8.45. The Kier molecular flexibility index (Phi) is 5.57. The molecule has 1 aliphatic rings. The summed E-state index contributed by atoms with van der Waals surface area (Å²) in [5.74, 6) is -0.103. The van der Waals surface area contributed by atoms with E-state index in [9.17, 15) is 9.59 Å². The number of hydrogen-bond acceptors (Lipinski definition) is 4. The van der Waals surface area contributed by atoms with Crippen LogP contribution >= 0.6 is 0 Å². The Labute approximate surface area is 169 Å². The van der Waals surface area contributed by atoms with E-state index >= 15 is 0 Å². The minimum atomic E-state index is -0.227. The molecule has 2 N–H and O–H groups in total. The number of carbonyl (C=O) groups is 2. The van der Waals surface area contributed by atoms with E-state index in [1.165, 1.54) is 7.11 Å². The predicted molar refractivity (Wildman–Crippen MR) is 111 cm³/mol. The Morgan fingerprint density at radius 1 is 1.24 bits per heavy atom. The maximum absolute atomic E-state index is 13.1. The number of anilines is 1. The number of nitrogens with zero attached hydrogens (tertiary/aromatic N) is 2. The zero-order chi connectivity index (χ0) is 20.2. The van der Waals surface area contributed by atoms with Gasteiger partial charge in [0.15, 0.2) is 0 Å². The maximum atomic E-state index is 13.1. The topological polar surface area (TPSA) is 87.3 Å². The minimum Gasteiger partial charge on any atom is -0.375 e. The van der Waals surface area contributed by atoms with Crippen LogP contribution in [0.4, 0.5) is 5.69 Å². The first kappa shape index (κ1) is 19.1. The molecule has 1 saturated heterocycles. The van der Waals surface area contributed by atoms with E-state index in [-0.39, 0.29) is 24.3 Å². The van der Waals surface area contributed by atoms with Gasteiger partial charge in [0.05, 0.1) is 17.6 Å². The van der Waals surface area contributed by atoms with Crippen molar-refractivity contribution < 1.29 is 14.3 Å². The number of ether oxygens (including phenoxy) is 1. The molecule has 1 unspecified atom stereocenters. The molecule has 2 aromatic carbocycles. The second-order valence-electron chi connectivity index (χ2n) is 7.33. The average molecular weight is 392 g/mol. The molecule has 7 heteroatoms. The number of likely N-dealkylation sites (tertiary alicyclic amines) is 1. The Hall–Kier alpha value is -3.19. The predicted octanol–water partition coefficient (Wildman–Crippen LogP) is 3.17. The van der Waals surface area contributed by atoms with Crippen LogP contribution in [0.5, 0.6) is 0 Å². The van der Waals surface area contributed by atoms with Crippen LogP contribution < -0.4 is 5.32 Å². The van der Waals surface area contributed by atoms with Gasteiger partial charge < -0.3 is 15.0 Å². The molecular weight excluding hydrogens is 368 g/mol. The van der Waals surface area contributed by atoms with Crippen molar-refractivity contribution in [2.45, 2.75) is 18.8 Å². The monoisotopic (exact) mass is 392 g/mol. The van der Waals surface area contributed by atoms with Crippen molar-refractivity contribution in [2.75, 3.05) is 32.1 Å². The van der Waals surface area contributed by atoms with Gasteiger partial charge in [0.25, 0.3) is 5.91 Å². The lowest BCUT2D eigenvalue weighted by Gasteiger charge is -2.32. The highest BCUT2D eigenvalue weighted by Gasteiger charge is 2.28. The van der Waals surface area contributed by atoms with Crippen LogP contribution in [0.3, 0.4) is 0 Å². The van der Waals surface area contributed by atoms with Crippen LogP contribution in [0.15, 0.2) is 48.7 Å². The van der Waals surface area contributed by atoms with E-state index < -0.39 is 0 Å². The third-order valence-electron chi connectivity index (χ3n) is 5.33. The first-order valence-electron chi connectivity index (χ1n) is 9.76. The fourth-order valence-corrected chi connectivity index (χ4v) is 3.93. The molecule has 0 saturated carbocycles. The molecule has 2 heterocycles. The van der Waals surface area contributed by atoms with Gasteiger partial charge in [0.2, 0.25) is 5.91 Å². The van der Waals surface area contributed by atoms with Crippen LogP contribution in [-0.4, -0.2) is 53.7 Å². The fraction of sp³-hybridized carbons (Fsp3) is 0.318. The van der Waals surface area contributed by atoms with E-state index in [4.69, 9.17) is 4.74 Å². The summed E-state index contributed by atoms with van der Waals surface area (Å²) >= 11 is 0. The Bertz CT molecular complexity index is 1030. The molecular formula is C22H24N4O3. The molecule has 29 heavy (non-hydrogen) atoms. The number of H-pyrrole nitrogens is 1. The molecule has 2 amide bonds. The molecule has 7 nitrogen and oxygen atoms in total. The van der Waals surface area contributed by atoms with Crippen LogP contribution in [-0.2, 0) is 9.53 Å².